The zero-order valence-electron chi connectivity index (χ0n) is 17.8. The Hall–Kier alpha value is -2.73. The summed E-state index contributed by atoms with van der Waals surface area (Å²) in [5, 5.41) is 0. The van der Waals surface area contributed by atoms with Gasteiger partial charge < -0.3 is 19.4 Å². The number of amides is 2. The predicted molar refractivity (Wildman–Crippen MR) is 102 cm³/mol. The minimum atomic E-state index is -4.55. The minimum absolute atomic E-state index is 0.0624. The Morgan fingerprint density at radius 1 is 1.03 bits per heavy atom. The van der Waals surface area contributed by atoms with Crippen LogP contribution in [0.1, 0.15) is 26.3 Å². The number of likely N-dealkylation sites (tertiary alicyclic amines) is 1. The van der Waals surface area contributed by atoms with Gasteiger partial charge in [0.2, 0.25) is 11.9 Å². The lowest BCUT2D eigenvalue weighted by molar-refractivity contribution is -0.145. The minimum Gasteiger partial charge on any atom is -0.444 e. The van der Waals surface area contributed by atoms with Gasteiger partial charge in [0.25, 0.3) is 5.92 Å². The topological polar surface area (TPSA) is 78.9 Å². The van der Waals surface area contributed by atoms with E-state index in [1.807, 2.05) is 0 Å². The van der Waals surface area contributed by atoms with Crippen LogP contribution in [0.15, 0.2) is 12.4 Å². The Morgan fingerprint density at radius 3 is 2.09 bits per heavy atom. The molecule has 0 spiro atoms. The van der Waals surface area contributed by atoms with E-state index in [1.165, 1.54) is 4.90 Å². The Morgan fingerprint density at radius 2 is 1.59 bits per heavy atom. The number of ether oxygens (including phenoxy) is 1. The molecular weight excluding hydrogens is 441 g/mol. The summed E-state index contributed by atoms with van der Waals surface area (Å²) in [5.41, 5.74) is -1.83. The number of piperazine rings is 1. The average Bonchev–Trinajstić information content (AvgIpc) is 3.01. The molecule has 8 nitrogen and oxygen atoms in total. The highest BCUT2D eigenvalue weighted by Crippen LogP contribution is 2.35. The normalized spacial score (nSPS) is 21.6. The highest BCUT2D eigenvalue weighted by molar-refractivity contribution is 5.82. The maximum absolute atomic E-state index is 14.5. The fraction of sp³-hybridized carbons (Fsp3) is 0.684. The van der Waals surface area contributed by atoms with Crippen molar-refractivity contribution in [1.82, 2.24) is 19.8 Å². The monoisotopic (exact) mass is 465 g/mol. The summed E-state index contributed by atoms with van der Waals surface area (Å²) in [5.74, 6) is -5.81. The van der Waals surface area contributed by atoms with Crippen molar-refractivity contribution < 1.29 is 36.3 Å². The molecule has 1 unspecified atom stereocenters. The predicted octanol–water partition coefficient (Wildman–Crippen LogP) is 2.65. The molecule has 1 aromatic heterocycles. The molecule has 178 valence electrons. The number of anilines is 1. The van der Waals surface area contributed by atoms with Crippen LogP contribution in [0.25, 0.3) is 0 Å². The molecule has 0 bridgehead atoms. The molecule has 13 heteroatoms. The van der Waals surface area contributed by atoms with Gasteiger partial charge in [-0.2, -0.15) is 13.2 Å². The molecule has 1 atom stereocenters. The first-order valence-corrected chi connectivity index (χ1v) is 9.96. The molecule has 32 heavy (non-hydrogen) atoms. The zero-order chi connectivity index (χ0) is 23.9. The van der Waals surface area contributed by atoms with Crippen molar-refractivity contribution in [3.05, 3.63) is 18.0 Å². The summed E-state index contributed by atoms with van der Waals surface area (Å²) in [6.07, 6.45) is -4.12. The van der Waals surface area contributed by atoms with Crippen molar-refractivity contribution in [3.63, 3.8) is 0 Å². The van der Waals surface area contributed by atoms with Crippen molar-refractivity contribution in [2.45, 2.75) is 38.5 Å². The number of carbonyl (C=O) groups excluding carboxylic acids is 2. The lowest BCUT2D eigenvalue weighted by Crippen LogP contribution is -2.53. The second kappa shape index (κ2) is 8.32. The van der Waals surface area contributed by atoms with Crippen LogP contribution in [0, 0.1) is 5.92 Å². The average molecular weight is 465 g/mol. The maximum Gasteiger partial charge on any atom is 0.419 e. The number of aromatic nitrogens is 2. The number of carbonyl (C=O) groups is 2. The van der Waals surface area contributed by atoms with Crippen LogP contribution < -0.4 is 4.90 Å². The number of halogens is 5. The van der Waals surface area contributed by atoms with Crippen LogP contribution in [0.2, 0.25) is 0 Å². The Bertz CT molecular complexity index is 848. The molecule has 0 aliphatic carbocycles. The summed E-state index contributed by atoms with van der Waals surface area (Å²) < 4.78 is 72.1. The summed E-state index contributed by atoms with van der Waals surface area (Å²) >= 11 is 0. The quantitative estimate of drug-likeness (QED) is 0.625. The summed E-state index contributed by atoms with van der Waals surface area (Å²) in [6, 6.07) is 0. The van der Waals surface area contributed by atoms with Gasteiger partial charge in [-0.25, -0.2) is 23.5 Å². The highest BCUT2D eigenvalue weighted by Gasteiger charge is 2.55. The first-order valence-electron chi connectivity index (χ1n) is 9.96. The second-order valence-electron chi connectivity index (χ2n) is 8.76. The van der Waals surface area contributed by atoms with E-state index in [2.05, 4.69) is 9.97 Å². The largest absolute Gasteiger partial charge is 0.444 e. The van der Waals surface area contributed by atoms with E-state index < -0.39 is 54.3 Å². The van der Waals surface area contributed by atoms with Gasteiger partial charge in [-0.05, 0) is 20.8 Å². The third kappa shape index (κ3) is 5.36. The van der Waals surface area contributed by atoms with Crippen LogP contribution in [-0.2, 0) is 15.7 Å². The van der Waals surface area contributed by atoms with E-state index in [9.17, 15) is 31.5 Å². The number of nitrogens with zero attached hydrogens (tertiary/aromatic N) is 5. The van der Waals surface area contributed by atoms with Gasteiger partial charge in [0, 0.05) is 45.1 Å². The lowest BCUT2D eigenvalue weighted by atomic mass is 10.0. The van der Waals surface area contributed by atoms with Crippen molar-refractivity contribution in [3.8, 4) is 0 Å². The van der Waals surface area contributed by atoms with Gasteiger partial charge in [0.1, 0.15) is 11.5 Å². The van der Waals surface area contributed by atoms with Gasteiger partial charge in [0.05, 0.1) is 12.1 Å². The number of rotatable bonds is 2. The molecule has 3 heterocycles. The summed E-state index contributed by atoms with van der Waals surface area (Å²) in [6.45, 7) is 3.96. The smallest absolute Gasteiger partial charge is 0.419 e. The van der Waals surface area contributed by atoms with Gasteiger partial charge in [-0.15, -0.1) is 0 Å². The van der Waals surface area contributed by atoms with Gasteiger partial charge in [0.15, 0.2) is 0 Å². The lowest BCUT2D eigenvalue weighted by Gasteiger charge is -2.36. The molecule has 2 aliphatic rings. The second-order valence-corrected chi connectivity index (χ2v) is 8.76. The summed E-state index contributed by atoms with van der Waals surface area (Å²) in [4.78, 5) is 36.0. The summed E-state index contributed by atoms with van der Waals surface area (Å²) in [7, 11) is 0. The third-order valence-electron chi connectivity index (χ3n) is 5.10. The Kier molecular flexibility index (Phi) is 6.22. The SMILES string of the molecule is CC(C)(C)OC(=O)N1CC(C(=O)N2CCN(c3ncc(C(F)(F)F)cn3)CC2)C(F)(F)C1. The van der Waals surface area contributed by atoms with Crippen LogP contribution in [-0.4, -0.2) is 82.6 Å². The van der Waals surface area contributed by atoms with Gasteiger partial charge in [-0.1, -0.05) is 0 Å². The molecule has 2 fully saturated rings. The molecule has 3 rings (SSSR count). The van der Waals surface area contributed by atoms with E-state index in [0.717, 1.165) is 4.90 Å². The van der Waals surface area contributed by atoms with Crippen LogP contribution >= 0.6 is 0 Å². The highest BCUT2D eigenvalue weighted by atomic mass is 19.4. The Labute approximate surface area is 181 Å². The van der Waals surface area contributed by atoms with E-state index in [1.54, 1.807) is 25.7 Å². The third-order valence-corrected chi connectivity index (χ3v) is 5.10. The maximum atomic E-state index is 14.5. The first-order chi connectivity index (χ1) is 14.7. The Balaban J connectivity index is 1.59. The molecule has 2 amide bonds. The van der Waals surface area contributed by atoms with Crippen molar-refractivity contribution in [2.24, 2.45) is 5.92 Å². The van der Waals surface area contributed by atoms with Crippen LogP contribution in [0.4, 0.5) is 32.7 Å². The molecule has 2 saturated heterocycles. The van der Waals surface area contributed by atoms with Crippen molar-refractivity contribution >= 4 is 17.9 Å². The van der Waals surface area contributed by atoms with E-state index in [-0.39, 0.29) is 32.1 Å². The van der Waals surface area contributed by atoms with Gasteiger partial charge in [-0.3, -0.25) is 4.79 Å². The van der Waals surface area contributed by atoms with E-state index >= 15 is 0 Å². The molecule has 0 radical (unpaired) electrons. The van der Waals surface area contributed by atoms with Crippen LogP contribution in [0.3, 0.4) is 0 Å². The molecule has 1 aromatic rings. The first kappa shape index (κ1) is 23.9. The van der Waals surface area contributed by atoms with Crippen molar-refractivity contribution in [1.29, 1.82) is 0 Å². The number of hydrogen-bond donors (Lipinski definition) is 0. The van der Waals surface area contributed by atoms with E-state index in [0.29, 0.717) is 12.4 Å². The molecular formula is C19H24F5N5O3. The fourth-order valence-electron chi connectivity index (χ4n) is 3.49. The van der Waals surface area contributed by atoms with E-state index in [4.69, 9.17) is 4.74 Å². The number of alkyl halides is 5. The fourth-order valence-corrected chi connectivity index (χ4v) is 3.49. The van der Waals surface area contributed by atoms with Gasteiger partial charge >= 0.3 is 12.3 Å². The van der Waals surface area contributed by atoms with Crippen LogP contribution in [0.5, 0.6) is 0 Å². The molecule has 2 aliphatic heterocycles. The number of hydrogen-bond acceptors (Lipinski definition) is 6. The molecule has 0 aromatic carbocycles. The molecule has 0 saturated carbocycles. The van der Waals surface area contributed by atoms with Crippen molar-refractivity contribution in [2.75, 3.05) is 44.2 Å². The standard InChI is InChI=1S/C19H24F5N5O3/c1-17(2,3)32-16(31)29-10-13(18(20,21)11-29)14(30)27-4-6-28(7-5-27)15-25-8-12(9-26-15)19(22,23)24/h8-9,13H,4-7,10-11H2,1-3H3. The zero-order valence-corrected chi connectivity index (χ0v) is 17.8. The molecule has 0 N–H and O–H groups in total.